The van der Waals surface area contributed by atoms with Gasteiger partial charge < -0.3 is 15.0 Å². The van der Waals surface area contributed by atoms with Gasteiger partial charge in [0.05, 0.1) is 12.9 Å². The third kappa shape index (κ3) is 2.39. The first-order valence-corrected chi connectivity index (χ1v) is 7.78. The van der Waals surface area contributed by atoms with Crippen LogP contribution in [0.15, 0.2) is 43.0 Å². The Morgan fingerprint density at radius 3 is 2.69 bits per heavy atom. The second kappa shape index (κ2) is 6.17. The molecule has 2 aromatic heterocycles. The van der Waals surface area contributed by atoms with Crippen molar-refractivity contribution in [1.29, 1.82) is 0 Å². The molecule has 10 nitrogen and oxygen atoms in total. The highest BCUT2D eigenvalue weighted by Crippen LogP contribution is 2.32. The van der Waals surface area contributed by atoms with Crippen LogP contribution in [0.25, 0.3) is 11.2 Å². The summed E-state index contributed by atoms with van der Waals surface area (Å²) in [5, 5.41) is 22.0. The molecule has 0 bridgehead atoms. The summed E-state index contributed by atoms with van der Waals surface area (Å²) in [6.07, 6.45) is 2.62. The first kappa shape index (κ1) is 16.1. The SMILES string of the molecule is O=C(Nc1ncnc2c1ncn2C1C(=O)N(O)C1CO)c1ccccc1. The zero-order valence-electron chi connectivity index (χ0n) is 13.4. The molecule has 10 heteroatoms. The molecule has 4 rings (SSSR count). The van der Waals surface area contributed by atoms with E-state index in [0.29, 0.717) is 21.8 Å². The fourth-order valence-corrected chi connectivity index (χ4v) is 2.91. The predicted octanol–water partition coefficient (Wildman–Crippen LogP) is 0.212. The highest BCUT2D eigenvalue weighted by Gasteiger charge is 2.48. The molecule has 3 aromatic rings. The Labute approximate surface area is 146 Å². The number of carbonyl (C=O) groups excluding carboxylic acids is 2. The Morgan fingerprint density at radius 2 is 1.96 bits per heavy atom. The Hall–Kier alpha value is -3.37. The maximum Gasteiger partial charge on any atom is 0.271 e. The molecule has 1 saturated heterocycles. The number of carbonyl (C=O) groups is 2. The van der Waals surface area contributed by atoms with E-state index in [-0.39, 0.29) is 11.7 Å². The number of hydrogen-bond donors (Lipinski definition) is 3. The van der Waals surface area contributed by atoms with Crippen molar-refractivity contribution in [1.82, 2.24) is 24.6 Å². The Morgan fingerprint density at radius 1 is 1.19 bits per heavy atom. The van der Waals surface area contributed by atoms with Gasteiger partial charge >= 0.3 is 0 Å². The molecule has 0 spiro atoms. The minimum Gasteiger partial charge on any atom is -0.394 e. The van der Waals surface area contributed by atoms with Crippen LogP contribution in [0.1, 0.15) is 16.4 Å². The molecule has 1 fully saturated rings. The molecule has 0 aliphatic carbocycles. The molecule has 1 aliphatic heterocycles. The second-order valence-electron chi connectivity index (χ2n) is 5.74. The topological polar surface area (TPSA) is 133 Å². The number of aliphatic hydroxyl groups is 1. The van der Waals surface area contributed by atoms with Gasteiger partial charge in [-0.2, -0.15) is 0 Å². The molecule has 1 aliphatic rings. The first-order valence-electron chi connectivity index (χ1n) is 7.78. The number of aromatic nitrogens is 4. The predicted molar refractivity (Wildman–Crippen MR) is 88.3 cm³/mol. The van der Waals surface area contributed by atoms with Gasteiger partial charge in [0.15, 0.2) is 17.0 Å². The third-order valence-corrected chi connectivity index (χ3v) is 4.27. The van der Waals surface area contributed by atoms with Gasteiger partial charge in [0.1, 0.15) is 18.4 Å². The lowest BCUT2D eigenvalue weighted by Gasteiger charge is -2.41. The van der Waals surface area contributed by atoms with Gasteiger partial charge in [-0.15, -0.1) is 0 Å². The highest BCUT2D eigenvalue weighted by atomic mass is 16.5. The molecule has 2 unspecified atom stereocenters. The molecule has 132 valence electrons. The van der Waals surface area contributed by atoms with Crippen molar-refractivity contribution in [3.05, 3.63) is 48.5 Å². The monoisotopic (exact) mass is 354 g/mol. The summed E-state index contributed by atoms with van der Waals surface area (Å²) in [6.45, 7) is -0.407. The van der Waals surface area contributed by atoms with Crippen LogP contribution in [0.5, 0.6) is 0 Å². The lowest BCUT2D eigenvalue weighted by molar-refractivity contribution is -0.219. The lowest BCUT2D eigenvalue weighted by Crippen LogP contribution is -2.61. The number of hydrogen-bond acceptors (Lipinski definition) is 7. The second-order valence-corrected chi connectivity index (χ2v) is 5.74. The largest absolute Gasteiger partial charge is 0.394 e. The van der Waals surface area contributed by atoms with Gasteiger partial charge in [-0.25, -0.2) is 20.0 Å². The van der Waals surface area contributed by atoms with Gasteiger partial charge in [0.2, 0.25) is 0 Å². The van der Waals surface area contributed by atoms with Crippen LogP contribution in [0.4, 0.5) is 5.82 Å². The van der Waals surface area contributed by atoms with Crippen LogP contribution in [0, 0.1) is 0 Å². The number of imidazole rings is 1. The Kier molecular flexibility index (Phi) is 3.82. The van der Waals surface area contributed by atoms with Crippen molar-refractivity contribution < 1.29 is 19.9 Å². The molecule has 0 saturated carbocycles. The zero-order chi connectivity index (χ0) is 18.3. The number of nitrogens with zero attached hydrogens (tertiary/aromatic N) is 5. The van der Waals surface area contributed by atoms with E-state index in [1.807, 2.05) is 0 Å². The minimum atomic E-state index is -0.817. The third-order valence-electron chi connectivity index (χ3n) is 4.27. The van der Waals surface area contributed by atoms with E-state index in [0.717, 1.165) is 0 Å². The number of rotatable bonds is 4. The molecule has 0 radical (unpaired) electrons. The molecule has 26 heavy (non-hydrogen) atoms. The Balaban J connectivity index is 1.68. The van der Waals surface area contributed by atoms with Crippen LogP contribution >= 0.6 is 0 Å². The first-order chi connectivity index (χ1) is 12.6. The molecule has 2 amide bonds. The summed E-state index contributed by atoms with van der Waals surface area (Å²) in [4.78, 5) is 36.6. The summed E-state index contributed by atoms with van der Waals surface area (Å²) < 4.78 is 1.45. The molecule has 2 atom stereocenters. The maximum absolute atomic E-state index is 12.3. The fraction of sp³-hybridized carbons (Fsp3) is 0.188. The molecule has 3 heterocycles. The summed E-state index contributed by atoms with van der Waals surface area (Å²) in [6, 6.07) is 7.04. The van der Waals surface area contributed by atoms with Gasteiger partial charge in [-0.3, -0.25) is 14.8 Å². The van der Waals surface area contributed by atoms with Crippen molar-refractivity contribution in [2.24, 2.45) is 0 Å². The van der Waals surface area contributed by atoms with Crippen molar-refractivity contribution in [2.75, 3.05) is 11.9 Å². The number of hydroxylamine groups is 2. The van der Waals surface area contributed by atoms with Crippen molar-refractivity contribution >= 4 is 28.8 Å². The summed E-state index contributed by atoms with van der Waals surface area (Å²) in [7, 11) is 0. The van der Waals surface area contributed by atoms with Gasteiger partial charge in [0, 0.05) is 5.56 Å². The highest BCUT2D eigenvalue weighted by molar-refractivity contribution is 6.06. The van der Waals surface area contributed by atoms with Gasteiger partial charge in [-0.1, -0.05) is 18.2 Å². The number of benzene rings is 1. The van der Waals surface area contributed by atoms with E-state index in [9.17, 15) is 19.9 Å². The summed E-state index contributed by atoms with van der Waals surface area (Å²) in [5.41, 5.74) is 1.08. The lowest BCUT2D eigenvalue weighted by atomic mass is 9.99. The molecular weight excluding hydrogens is 340 g/mol. The van der Waals surface area contributed by atoms with Crippen molar-refractivity contribution in [3.63, 3.8) is 0 Å². The van der Waals surface area contributed by atoms with E-state index in [1.54, 1.807) is 30.3 Å². The average molecular weight is 354 g/mol. The van der Waals surface area contributed by atoms with E-state index in [1.165, 1.54) is 17.2 Å². The van der Waals surface area contributed by atoms with E-state index in [2.05, 4.69) is 20.3 Å². The standard InChI is InChI=1S/C16H14N6O4/c23-6-10-12(16(25)22(10)26)21-8-19-11-13(17-7-18-14(11)21)20-15(24)9-4-2-1-3-5-9/h1-5,7-8,10,12,23,26H,6H2,(H,17,18,20,24). The number of fused-ring (bicyclic) bond motifs is 1. The van der Waals surface area contributed by atoms with Crippen LogP contribution in [-0.4, -0.2) is 59.4 Å². The van der Waals surface area contributed by atoms with E-state index >= 15 is 0 Å². The van der Waals surface area contributed by atoms with Crippen LogP contribution in [0.2, 0.25) is 0 Å². The van der Waals surface area contributed by atoms with Crippen LogP contribution in [-0.2, 0) is 4.79 Å². The molecule has 1 aromatic carbocycles. The van der Waals surface area contributed by atoms with Crippen molar-refractivity contribution in [3.8, 4) is 0 Å². The summed E-state index contributed by atoms with van der Waals surface area (Å²) in [5.74, 6) is -0.720. The van der Waals surface area contributed by atoms with Crippen LogP contribution < -0.4 is 5.32 Å². The van der Waals surface area contributed by atoms with E-state index in [4.69, 9.17) is 0 Å². The number of nitrogens with one attached hydrogen (secondary N) is 1. The normalized spacial score (nSPS) is 19.5. The van der Waals surface area contributed by atoms with E-state index < -0.39 is 24.6 Å². The van der Waals surface area contributed by atoms with Crippen LogP contribution in [0.3, 0.4) is 0 Å². The zero-order valence-corrected chi connectivity index (χ0v) is 13.4. The smallest absolute Gasteiger partial charge is 0.271 e. The average Bonchev–Trinajstić information content (AvgIpc) is 3.10. The maximum atomic E-state index is 12.3. The number of aliphatic hydroxyl groups excluding tert-OH is 1. The van der Waals surface area contributed by atoms with Crippen molar-refractivity contribution in [2.45, 2.75) is 12.1 Å². The molecule has 3 N–H and O–H groups in total. The minimum absolute atomic E-state index is 0.204. The van der Waals surface area contributed by atoms with Gasteiger partial charge in [-0.05, 0) is 12.1 Å². The molecular formula is C16H14N6O4. The fourth-order valence-electron chi connectivity index (χ4n) is 2.91. The number of β-lactam (4-membered cyclic amide) rings is 1. The van der Waals surface area contributed by atoms with Gasteiger partial charge in [0.25, 0.3) is 11.8 Å². The Bertz CT molecular complexity index is 989. The quantitative estimate of drug-likeness (QED) is 0.450. The number of anilines is 1. The number of amides is 2. The summed E-state index contributed by atoms with van der Waals surface area (Å²) >= 11 is 0.